The highest BCUT2D eigenvalue weighted by Crippen LogP contribution is 2.36. The number of benzene rings is 1. The van der Waals surface area contributed by atoms with Crippen molar-refractivity contribution < 1.29 is 0 Å². The number of aryl methyl sites for hydroxylation is 3. The van der Waals surface area contributed by atoms with Crippen LogP contribution in [0.25, 0.3) is 21.7 Å². The number of hydrogen-bond acceptors (Lipinski definition) is 4. The maximum absolute atomic E-state index is 13.2. The van der Waals surface area contributed by atoms with Gasteiger partial charge in [-0.05, 0) is 56.1 Å². The van der Waals surface area contributed by atoms with Gasteiger partial charge in [0, 0.05) is 4.88 Å². The molecule has 0 radical (unpaired) electrons. The number of rotatable bonds is 1. The van der Waals surface area contributed by atoms with Gasteiger partial charge >= 0.3 is 0 Å². The van der Waals surface area contributed by atoms with E-state index in [0.29, 0.717) is 10.5 Å². The molecule has 0 aliphatic heterocycles. The van der Waals surface area contributed by atoms with E-state index < -0.39 is 0 Å². The third-order valence-corrected chi connectivity index (χ3v) is 6.20. The van der Waals surface area contributed by atoms with Crippen LogP contribution in [0.3, 0.4) is 0 Å². The molecule has 1 aliphatic rings. The number of aromatic amines is 1. The van der Waals surface area contributed by atoms with E-state index in [4.69, 9.17) is 12.2 Å². The Balaban J connectivity index is 2.01. The van der Waals surface area contributed by atoms with Gasteiger partial charge in [0.15, 0.2) is 0 Å². The lowest BCUT2D eigenvalue weighted by Crippen LogP contribution is -2.21. The first-order valence-corrected chi connectivity index (χ1v) is 9.11. The van der Waals surface area contributed by atoms with Crippen LogP contribution in [0.2, 0.25) is 0 Å². The zero-order valence-corrected chi connectivity index (χ0v) is 14.6. The van der Waals surface area contributed by atoms with Gasteiger partial charge in [0.1, 0.15) is 4.70 Å². The number of nitrogens with one attached hydrogen (secondary N) is 1. The smallest absolute Gasteiger partial charge is 0.267 e. The highest BCUT2D eigenvalue weighted by Gasteiger charge is 2.24. The Hall–Kier alpha value is -2.25. The Morgan fingerprint density at radius 3 is 2.83 bits per heavy atom. The summed E-state index contributed by atoms with van der Waals surface area (Å²) in [5.41, 5.74) is 4.16. The molecule has 5 nitrogen and oxygen atoms in total. The van der Waals surface area contributed by atoms with E-state index in [1.165, 1.54) is 10.4 Å². The van der Waals surface area contributed by atoms with Gasteiger partial charge in [0.2, 0.25) is 10.5 Å². The predicted octanol–water partition coefficient (Wildman–Crippen LogP) is 3.55. The van der Waals surface area contributed by atoms with Crippen LogP contribution in [0, 0.1) is 11.7 Å². The second-order valence-electron chi connectivity index (χ2n) is 6.18. The summed E-state index contributed by atoms with van der Waals surface area (Å²) in [5.74, 6) is 0.550. The number of fused-ring (bicyclic) bond motifs is 5. The topological polar surface area (TPSA) is 55.1 Å². The largest absolute Gasteiger partial charge is 0.277 e. The van der Waals surface area contributed by atoms with Crippen LogP contribution < -0.4 is 5.56 Å². The third-order valence-electron chi connectivity index (χ3n) is 4.66. The lowest BCUT2D eigenvalue weighted by atomic mass is 10.2. The van der Waals surface area contributed by atoms with E-state index in [1.807, 2.05) is 35.6 Å². The second-order valence-corrected chi connectivity index (χ2v) is 7.67. The average Bonchev–Trinajstić information content (AvgIpc) is 3.24. The molecule has 1 aromatic carbocycles. The lowest BCUT2D eigenvalue weighted by Gasteiger charge is -2.09. The molecule has 7 heteroatoms. The van der Waals surface area contributed by atoms with E-state index in [9.17, 15) is 4.79 Å². The van der Waals surface area contributed by atoms with Gasteiger partial charge in [0.25, 0.3) is 5.56 Å². The molecule has 0 saturated carbocycles. The zero-order chi connectivity index (χ0) is 16.4. The van der Waals surface area contributed by atoms with E-state index in [-0.39, 0.29) is 5.56 Å². The SMILES string of the molecule is Cc1ccc(-n2c(=O)c3sc4c(c3n3c(=S)[nH]nc23)CCC4)cc1. The fourth-order valence-electron chi connectivity index (χ4n) is 3.53. The van der Waals surface area contributed by atoms with Crippen molar-refractivity contribution in [3.8, 4) is 5.69 Å². The summed E-state index contributed by atoms with van der Waals surface area (Å²) in [6.07, 6.45) is 3.20. The molecule has 3 heterocycles. The number of aromatic nitrogens is 4. The number of H-pyrrole nitrogens is 1. The lowest BCUT2D eigenvalue weighted by molar-refractivity contribution is 0.912. The summed E-state index contributed by atoms with van der Waals surface area (Å²) in [5, 5.41) is 7.21. The number of nitrogens with zero attached hydrogens (tertiary/aromatic N) is 3. The van der Waals surface area contributed by atoms with E-state index in [2.05, 4.69) is 10.2 Å². The van der Waals surface area contributed by atoms with Crippen molar-refractivity contribution in [2.24, 2.45) is 0 Å². The number of thiophene rings is 1. The maximum atomic E-state index is 13.2. The Morgan fingerprint density at radius 1 is 1.25 bits per heavy atom. The first kappa shape index (κ1) is 14.1. The molecule has 0 unspecified atom stereocenters. The van der Waals surface area contributed by atoms with Crippen molar-refractivity contribution in [2.75, 3.05) is 0 Å². The Morgan fingerprint density at radius 2 is 2.04 bits per heavy atom. The quantitative estimate of drug-likeness (QED) is 0.532. The molecular weight excluding hydrogens is 340 g/mol. The van der Waals surface area contributed by atoms with Gasteiger partial charge in [0.05, 0.1) is 11.2 Å². The molecule has 3 aromatic heterocycles. The summed E-state index contributed by atoms with van der Waals surface area (Å²) in [7, 11) is 0. The second kappa shape index (κ2) is 4.87. The molecular formula is C17H14N4OS2. The molecule has 0 spiro atoms. The molecule has 5 rings (SSSR count). The van der Waals surface area contributed by atoms with Crippen molar-refractivity contribution >= 4 is 39.5 Å². The minimum atomic E-state index is -0.0187. The fourth-order valence-corrected chi connectivity index (χ4v) is 5.05. The molecule has 1 aliphatic carbocycles. The molecule has 0 saturated heterocycles. The van der Waals surface area contributed by atoms with Crippen LogP contribution in [0.1, 0.15) is 22.4 Å². The Bertz CT molecular complexity index is 1220. The molecule has 1 N–H and O–H groups in total. The van der Waals surface area contributed by atoms with E-state index in [0.717, 1.165) is 40.7 Å². The predicted molar refractivity (Wildman–Crippen MR) is 98.1 cm³/mol. The van der Waals surface area contributed by atoms with Crippen molar-refractivity contribution in [1.29, 1.82) is 0 Å². The normalized spacial score (nSPS) is 13.9. The summed E-state index contributed by atoms with van der Waals surface area (Å²) in [6.45, 7) is 2.03. The molecule has 0 amide bonds. The minimum absolute atomic E-state index is 0.0187. The van der Waals surface area contributed by atoms with Crippen LogP contribution in [0.4, 0.5) is 0 Å². The van der Waals surface area contributed by atoms with Crippen LogP contribution in [-0.4, -0.2) is 19.2 Å². The van der Waals surface area contributed by atoms with Crippen molar-refractivity contribution in [3.05, 3.63) is 55.4 Å². The highest BCUT2D eigenvalue weighted by atomic mass is 32.1. The summed E-state index contributed by atoms with van der Waals surface area (Å²) in [6, 6.07) is 7.89. The molecule has 120 valence electrons. The molecule has 4 aromatic rings. The van der Waals surface area contributed by atoms with Gasteiger partial charge in [-0.1, -0.05) is 17.7 Å². The van der Waals surface area contributed by atoms with Crippen molar-refractivity contribution in [1.82, 2.24) is 19.2 Å². The van der Waals surface area contributed by atoms with E-state index >= 15 is 0 Å². The summed E-state index contributed by atoms with van der Waals surface area (Å²) >= 11 is 7.07. The Kier molecular flexibility index (Phi) is 2.87. The van der Waals surface area contributed by atoms with Gasteiger partial charge in [-0.2, -0.15) is 0 Å². The van der Waals surface area contributed by atoms with Crippen LogP contribution >= 0.6 is 23.6 Å². The minimum Gasteiger partial charge on any atom is -0.267 e. The summed E-state index contributed by atoms with van der Waals surface area (Å²) in [4.78, 5) is 14.5. The molecule has 0 atom stereocenters. The van der Waals surface area contributed by atoms with Crippen LogP contribution in [0.15, 0.2) is 29.1 Å². The van der Waals surface area contributed by atoms with Crippen molar-refractivity contribution in [2.45, 2.75) is 26.2 Å². The molecule has 0 bridgehead atoms. The van der Waals surface area contributed by atoms with Gasteiger partial charge in [-0.25, -0.2) is 9.67 Å². The van der Waals surface area contributed by atoms with Gasteiger partial charge < -0.3 is 0 Å². The van der Waals surface area contributed by atoms with Crippen LogP contribution in [0.5, 0.6) is 0 Å². The number of hydrogen-bond donors (Lipinski definition) is 1. The average molecular weight is 354 g/mol. The fraction of sp³-hybridized carbons (Fsp3) is 0.235. The molecule has 0 fully saturated rings. The zero-order valence-electron chi connectivity index (χ0n) is 13.0. The van der Waals surface area contributed by atoms with Crippen molar-refractivity contribution in [3.63, 3.8) is 0 Å². The third kappa shape index (κ3) is 1.76. The standard InChI is InChI=1S/C17H14N4OS2/c1-9-5-7-10(8-6-9)20-15(22)14-13(11-3-2-4-12(11)24-14)21-16(20)18-19-17(21)23/h5-8H,2-4H2,1H3,(H,19,23). The monoisotopic (exact) mass is 354 g/mol. The van der Waals surface area contributed by atoms with Crippen LogP contribution in [-0.2, 0) is 12.8 Å². The first-order chi connectivity index (χ1) is 11.6. The van der Waals surface area contributed by atoms with Gasteiger partial charge in [-0.15, -0.1) is 16.4 Å². The van der Waals surface area contributed by atoms with Gasteiger partial charge in [-0.3, -0.25) is 9.20 Å². The maximum Gasteiger partial charge on any atom is 0.277 e. The Labute approximate surface area is 146 Å². The molecule has 24 heavy (non-hydrogen) atoms. The highest BCUT2D eigenvalue weighted by molar-refractivity contribution is 7.71. The first-order valence-electron chi connectivity index (χ1n) is 7.88. The summed E-state index contributed by atoms with van der Waals surface area (Å²) < 4.78 is 4.88. The van der Waals surface area contributed by atoms with E-state index in [1.54, 1.807) is 15.9 Å².